The molecule has 2 amide bonds. The Balaban J connectivity index is 1.59. The van der Waals surface area contributed by atoms with Crippen molar-refractivity contribution in [1.29, 1.82) is 5.26 Å². The Kier molecular flexibility index (Phi) is 5.34. The van der Waals surface area contributed by atoms with E-state index < -0.39 is 20.7 Å². The first-order valence-corrected chi connectivity index (χ1v) is 12.2. The average molecular weight is 445 g/mol. The number of aldehydes is 1. The van der Waals surface area contributed by atoms with Crippen LogP contribution >= 0.6 is 0 Å². The molecule has 0 radical (unpaired) electrons. The monoisotopic (exact) mass is 444 g/mol. The predicted molar refractivity (Wildman–Crippen MR) is 114 cm³/mol. The predicted octanol–water partition coefficient (Wildman–Crippen LogP) is 2.00. The number of benzene rings is 1. The van der Waals surface area contributed by atoms with Gasteiger partial charge >= 0.3 is 6.03 Å². The molecule has 3 unspecified atom stereocenters. The number of sulfonamides is 1. The molecular formula is C22H28N4O4S. The number of rotatable bonds is 6. The molecule has 4 rings (SSSR count). The largest absolute Gasteiger partial charge is 0.327 e. The van der Waals surface area contributed by atoms with Gasteiger partial charge in [-0.3, -0.25) is 0 Å². The second-order valence-corrected chi connectivity index (χ2v) is 11.5. The first kappa shape index (κ1) is 21.8. The lowest BCUT2D eigenvalue weighted by molar-refractivity contribution is -0.125. The highest BCUT2D eigenvalue weighted by Gasteiger charge is 2.55. The van der Waals surface area contributed by atoms with Crippen molar-refractivity contribution >= 4 is 22.3 Å². The molecule has 1 saturated heterocycles. The van der Waals surface area contributed by atoms with E-state index in [1.165, 1.54) is 4.90 Å². The SMILES string of the molecule is CN1CC2(C=O)CC(S(=O)(=O)NC3(C)CC3)CCC2N(Cc2ccc(C#N)cc2)C1=O. The van der Waals surface area contributed by atoms with Crippen LogP contribution < -0.4 is 4.72 Å². The maximum Gasteiger partial charge on any atom is 0.320 e. The summed E-state index contributed by atoms with van der Waals surface area (Å²) in [4.78, 5) is 28.6. The van der Waals surface area contributed by atoms with Gasteiger partial charge < -0.3 is 14.6 Å². The molecule has 2 saturated carbocycles. The Labute approximate surface area is 183 Å². The minimum atomic E-state index is -3.55. The maximum absolute atomic E-state index is 13.0. The van der Waals surface area contributed by atoms with Crippen molar-refractivity contribution in [2.24, 2.45) is 5.41 Å². The van der Waals surface area contributed by atoms with Crippen LogP contribution in [0.3, 0.4) is 0 Å². The van der Waals surface area contributed by atoms with Gasteiger partial charge in [-0.15, -0.1) is 0 Å². The summed E-state index contributed by atoms with van der Waals surface area (Å²) in [5.41, 5.74) is 0.110. The Hall–Kier alpha value is -2.44. The fraction of sp³-hybridized carbons (Fsp3) is 0.591. The molecule has 31 heavy (non-hydrogen) atoms. The lowest BCUT2D eigenvalue weighted by atomic mass is 9.68. The number of carbonyl (C=O) groups excluding carboxylic acids is 2. The molecule has 3 fully saturated rings. The van der Waals surface area contributed by atoms with Gasteiger partial charge in [0.15, 0.2) is 0 Å². The molecule has 1 aromatic rings. The van der Waals surface area contributed by atoms with E-state index in [9.17, 15) is 18.0 Å². The van der Waals surface area contributed by atoms with Crippen molar-refractivity contribution < 1.29 is 18.0 Å². The van der Waals surface area contributed by atoms with Gasteiger partial charge in [0.05, 0.1) is 22.3 Å². The molecule has 3 aliphatic rings. The van der Waals surface area contributed by atoms with Gasteiger partial charge in [0.25, 0.3) is 0 Å². The third-order valence-corrected chi connectivity index (χ3v) is 9.07. The average Bonchev–Trinajstić information content (AvgIpc) is 3.47. The normalized spacial score (nSPS) is 29.8. The summed E-state index contributed by atoms with van der Waals surface area (Å²) in [7, 11) is -1.90. The summed E-state index contributed by atoms with van der Waals surface area (Å²) in [5.74, 6) is 0. The number of carbonyl (C=O) groups is 2. The van der Waals surface area contributed by atoms with E-state index in [4.69, 9.17) is 5.26 Å². The van der Waals surface area contributed by atoms with Crippen LogP contribution in [0.4, 0.5) is 4.79 Å². The molecule has 0 spiro atoms. The van der Waals surface area contributed by atoms with Crippen LogP contribution in [-0.4, -0.2) is 61.0 Å². The molecule has 8 nitrogen and oxygen atoms in total. The standard InChI is InChI=1S/C22H28N4O4S/c1-21(9-10-21)24-31(29,30)18-7-8-19-22(11-18,15-27)14-25(2)20(28)26(19)13-17-5-3-16(12-23)4-6-17/h3-6,15,18-19,24H,7-11,13-14H2,1-2H3. The van der Waals surface area contributed by atoms with Gasteiger partial charge in [0.2, 0.25) is 10.0 Å². The zero-order valence-electron chi connectivity index (χ0n) is 17.9. The van der Waals surface area contributed by atoms with E-state index in [0.717, 1.165) is 24.7 Å². The van der Waals surface area contributed by atoms with Gasteiger partial charge in [-0.2, -0.15) is 5.26 Å². The number of nitriles is 1. The van der Waals surface area contributed by atoms with Crippen LogP contribution in [0.2, 0.25) is 0 Å². The topological polar surface area (TPSA) is 111 Å². The number of nitrogens with one attached hydrogen (secondary N) is 1. The summed E-state index contributed by atoms with van der Waals surface area (Å²) in [5, 5.41) is 8.35. The third-order valence-electron chi connectivity index (χ3n) is 7.01. The Bertz CT molecular complexity index is 1030. The minimum absolute atomic E-state index is 0.170. The van der Waals surface area contributed by atoms with E-state index in [1.807, 2.05) is 6.92 Å². The Morgan fingerprint density at radius 2 is 1.94 bits per heavy atom. The van der Waals surface area contributed by atoms with E-state index in [0.29, 0.717) is 24.9 Å². The quantitative estimate of drug-likeness (QED) is 0.675. The highest BCUT2D eigenvalue weighted by molar-refractivity contribution is 7.90. The molecule has 9 heteroatoms. The first-order valence-electron chi connectivity index (χ1n) is 10.6. The van der Waals surface area contributed by atoms with Crippen molar-refractivity contribution in [3.63, 3.8) is 0 Å². The third kappa shape index (κ3) is 4.06. The second-order valence-electron chi connectivity index (χ2n) is 9.55. The van der Waals surface area contributed by atoms with Crippen LogP contribution in [0.5, 0.6) is 0 Å². The summed E-state index contributed by atoms with van der Waals surface area (Å²) in [6.07, 6.45) is 3.59. The second kappa shape index (κ2) is 7.61. The van der Waals surface area contributed by atoms with Crippen LogP contribution in [-0.2, 0) is 21.4 Å². The molecule has 166 valence electrons. The van der Waals surface area contributed by atoms with Crippen molar-refractivity contribution in [2.45, 2.75) is 62.4 Å². The Morgan fingerprint density at radius 3 is 2.52 bits per heavy atom. The van der Waals surface area contributed by atoms with Gasteiger partial charge in [0, 0.05) is 31.7 Å². The van der Waals surface area contributed by atoms with Crippen molar-refractivity contribution in [2.75, 3.05) is 13.6 Å². The van der Waals surface area contributed by atoms with Gasteiger partial charge in [0.1, 0.15) is 6.29 Å². The number of amides is 2. The van der Waals surface area contributed by atoms with Crippen molar-refractivity contribution in [1.82, 2.24) is 14.5 Å². The van der Waals surface area contributed by atoms with Crippen molar-refractivity contribution in [3.8, 4) is 6.07 Å². The Morgan fingerprint density at radius 1 is 1.26 bits per heavy atom. The van der Waals surface area contributed by atoms with Gasteiger partial charge in [-0.05, 0) is 56.7 Å². The van der Waals surface area contributed by atoms with E-state index in [2.05, 4.69) is 10.8 Å². The number of nitrogens with zero attached hydrogens (tertiary/aromatic N) is 3. The van der Waals surface area contributed by atoms with Crippen LogP contribution in [0, 0.1) is 16.7 Å². The summed E-state index contributed by atoms with van der Waals surface area (Å²) < 4.78 is 28.8. The molecule has 0 bridgehead atoms. The molecule has 1 heterocycles. The zero-order chi connectivity index (χ0) is 22.4. The molecule has 0 aromatic heterocycles. The van der Waals surface area contributed by atoms with E-state index >= 15 is 0 Å². The lowest BCUT2D eigenvalue weighted by Gasteiger charge is -2.53. The van der Waals surface area contributed by atoms with Crippen LogP contribution in [0.1, 0.15) is 50.2 Å². The lowest BCUT2D eigenvalue weighted by Crippen LogP contribution is -2.66. The van der Waals surface area contributed by atoms with Gasteiger partial charge in [-0.25, -0.2) is 17.9 Å². The molecule has 1 aromatic carbocycles. The molecule has 1 N–H and O–H groups in total. The van der Waals surface area contributed by atoms with E-state index in [1.54, 1.807) is 36.2 Å². The molecular weight excluding hydrogens is 416 g/mol. The summed E-state index contributed by atoms with van der Waals surface area (Å²) in [6, 6.07) is 8.57. The highest BCUT2D eigenvalue weighted by Crippen LogP contribution is 2.45. The minimum Gasteiger partial charge on any atom is -0.327 e. The molecule has 3 atom stereocenters. The fourth-order valence-electron chi connectivity index (χ4n) is 5.00. The highest BCUT2D eigenvalue weighted by atomic mass is 32.2. The van der Waals surface area contributed by atoms with Crippen molar-refractivity contribution in [3.05, 3.63) is 35.4 Å². The maximum atomic E-state index is 13.0. The molecule has 2 aliphatic carbocycles. The summed E-state index contributed by atoms with van der Waals surface area (Å²) in [6.45, 7) is 2.42. The number of fused-ring (bicyclic) bond motifs is 1. The smallest absolute Gasteiger partial charge is 0.320 e. The van der Waals surface area contributed by atoms with Crippen LogP contribution in [0.15, 0.2) is 24.3 Å². The first-order chi connectivity index (χ1) is 14.6. The van der Waals surface area contributed by atoms with Gasteiger partial charge in [-0.1, -0.05) is 12.1 Å². The number of hydrogen-bond donors (Lipinski definition) is 1. The fourth-order valence-corrected chi connectivity index (χ4v) is 7.03. The zero-order valence-corrected chi connectivity index (χ0v) is 18.7. The molecule has 1 aliphatic heterocycles. The summed E-state index contributed by atoms with van der Waals surface area (Å²) >= 11 is 0. The van der Waals surface area contributed by atoms with Crippen LogP contribution in [0.25, 0.3) is 0 Å². The van der Waals surface area contributed by atoms with E-state index in [-0.39, 0.29) is 30.6 Å². The number of hydrogen-bond acceptors (Lipinski definition) is 5. The number of urea groups is 1.